The molecule has 0 saturated carbocycles. The average Bonchev–Trinajstić information content (AvgIpc) is 1.97. The molecule has 0 aliphatic rings. The predicted octanol–water partition coefficient (Wildman–Crippen LogP) is 1.39. The van der Waals surface area contributed by atoms with Crippen LogP contribution in [-0.2, 0) is 15.0 Å². The molecule has 0 aliphatic carbocycles. The first kappa shape index (κ1) is 18.2. The van der Waals surface area contributed by atoms with Crippen molar-refractivity contribution in [3.8, 4) is 0 Å². The lowest BCUT2D eigenvalue weighted by atomic mass is 10.2. The molecule has 1 unspecified atom stereocenters. The van der Waals surface area contributed by atoms with Gasteiger partial charge < -0.3 is 5.11 Å². The quantitative estimate of drug-likeness (QED) is 0.631. The highest BCUT2D eigenvalue weighted by atomic mass is 32.3. The Kier molecular flexibility index (Phi) is 4.58. The largest absolute Gasteiger partial charge is 0.478 e. The minimum atomic E-state index is -7.34. The summed E-state index contributed by atoms with van der Waals surface area (Å²) >= 11 is 0. The zero-order valence-corrected chi connectivity index (χ0v) is 7.95. The van der Waals surface area contributed by atoms with Gasteiger partial charge in [-0.1, -0.05) is 0 Å². The first-order valence-electron chi connectivity index (χ1n) is 3.00. The molecule has 0 saturated heterocycles. The van der Waals surface area contributed by atoms with E-state index >= 15 is 0 Å². The number of hydrogen-bond donors (Lipinski definition) is 1. The van der Waals surface area contributed by atoms with E-state index in [0.717, 1.165) is 0 Å². The maximum absolute atomic E-state index is 12.7. The second-order valence-electron chi connectivity index (χ2n) is 2.41. The second-order valence-corrected chi connectivity index (χ2v) is 3.85. The van der Waals surface area contributed by atoms with E-state index in [0.29, 0.717) is 0 Å². The Morgan fingerprint density at radius 3 is 1.35 bits per heavy atom. The van der Waals surface area contributed by atoms with Gasteiger partial charge >= 0.3 is 33.3 Å². The van der Waals surface area contributed by atoms with E-state index in [1.165, 1.54) is 0 Å². The summed E-state index contributed by atoms with van der Waals surface area (Å²) in [6, 6.07) is 0. The van der Waals surface area contributed by atoms with E-state index in [1.807, 2.05) is 0 Å². The molecule has 1 atom stereocenters. The number of alkyl halides is 6. The molecule has 1 N–H and O–H groups in total. The topological polar surface area (TPSA) is 71.4 Å². The third-order valence-corrected chi connectivity index (χ3v) is 2.47. The van der Waals surface area contributed by atoms with E-state index in [4.69, 9.17) is 5.11 Å². The van der Waals surface area contributed by atoms with Gasteiger partial charge in [-0.2, -0.15) is 30.4 Å². The molecule has 0 aromatic rings. The SMILES string of the molecule is F.O=C(O)C(F)(C(F)(F)C(F)(F)F)S(=O)(=O)F. The van der Waals surface area contributed by atoms with Crippen molar-refractivity contribution in [3.05, 3.63) is 0 Å². The van der Waals surface area contributed by atoms with Crippen LogP contribution in [0, 0.1) is 0 Å². The maximum atomic E-state index is 12.7. The van der Waals surface area contributed by atoms with Crippen molar-refractivity contribution in [1.82, 2.24) is 0 Å². The number of halogens is 8. The van der Waals surface area contributed by atoms with Gasteiger partial charge in [0.05, 0.1) is 0 Å². The Hall–Kier alpha value is -1.14. The molecule has 104 valence electrons. The molecule has 0 amide bonds. The lowest BCUT2D eigenvalue weighted by Crippen LogP contribution is -2.61. The fourth-order valence-corrected chi connectivity index (χ4v) is 1.20. The molecule has 0 spiro atoms. The van der Waals surface area contributed by atoms with Crippen LogP contribution in [-0.4, -0.2) is 36.6 Å². The van der Waals surface area contributed by atoms with Gasteiger partial charge in [-0.15, -0.1) is 3.89 Å². The third-order valence-electron chi connectivity index (χ3n) is 1.37. The molecule has 0 radical (unpaired) electrons. The van der Waals surface area contributed by atoms with E-state index in [1.54, 1.807) is 0 Å². The predicted molar refractivity (Wildman–Crippen MR) is 35.0 cm³/mol. The van der Waals surface area contributed by atoms with Crippen LogP contribution < -0.4 is 0 Å². The molecule has 17 heavy (non-hydrogen) atoms. The van der Waals surface area contributed by atoms with Crippen LogP contribution in [0.2, 0.25) is 0 Å². The van der Waals surface area contributed by atoms with Gasteiger partial charge in [0.15, 0.2) is 0 Å². The maximum Gasteiger partial charge on any atom is 0.458 e. The fraction of sp³-hybridized carbons (Fsp3) is 0.750. The summed E-state index contributed by atoms with van der Waals surface area (Å²) in [4.78, 5) is 9.79. The molecular weight excluding hydrogens is 296 g/mol. The van der Waals surface area contributed by atoms with Crippen LogP contribution >= 0.6 is 0 Å². The highest BCUT2D eigenvalue weighted by molar-refractivity contribution is 7.88. The molecule has 0 aliphatic heterocycles. The van der Waals surface area contributed by atoms with Crippen molar-refractivity contribution in [2.45, 2.75) is 17.1 Å². The summed E-state index contributed by atoms with van der Waals surface area (Å²) in [5.74, 6) is -10.7. The van der Waals surface area contributed by atoms with Crippen molar-refractivity contribution in [2.75, 3.05) is 0 Å². The minimum Gasteiger partial charge on any atom is -0.478 e. The summed E-state index contributed by atoms with van der Waals surface area (Å²) in [5, 5.41) is 1.27. The van der Waals surface area contributed by atoms with Gasteiger partial charge in [0.2, 0.25) is 0 Å². The summed E-state index contributed by atoms with van der Waals surface area (Å²) in [6.45, 7) is 0. The van der Waals surface area contributed by atoms with Crippen LogP contribution in [0.15, 0.2) is 0 Å². The van der Waals surface area contributed by atoms with Gasteiger partial charge in [-0.3, -0.25) is 4.70 Å². The Morgan fingerprint density at radius 1 is 1.00 bits per heavy atom. The van der Waals surface area contributed by atoms with Crippen molar-refractivity contribution >= 4 is 16.2 Å². The van der Waals surface area contributed by atoms with Gasteiger partial charge in [0.1, 0.15) is 0 Å². The monoisotopic (exact) mass is 298 g/mol. The number of carboxylic acids is 1. The van der Waals surface area contributed by atoms with Gasteiger partial charge in [0, 0.05) is 0 Å². The summed E-state index contributed by atoms with van der Waals surface area (Å²) < 4.78 is 103. The van der Waals surface area contributed by atoms with Crippen LogP contribution in [0.5, 0.6) is 0 Å². The Labute approximate surface area is 87.6 Å². The van der Waals surface area contributed by atoms with Crippen LogP contribution in [0.1, 0.15) is 0 Å². The van der Waals surface area contributed by atoms with E-state index in [2.05, 4.69) is 0 Å². The molecule has 0 heterocycles. The van der Waals surface area contributed by atoms with E-state index in [-0.39, 0.29) is 4.70 Å². The molecule has 0 aromatic heterocycles. The zero-order valence-electron chi connectivity index (χ0n) is 7.13. The number of hydrogen-bond acceptors (Lipinski definition) is 3. The van der Waals surface area contributed by atoms with E-state index < -0.39 is 33.3 Å². The minimum absolute atomic E-state index is 0. The lowest BCUT2D eigenvalue weighted by Gasteiger charge is -2.27. The average molecular weight is 298 g/mol. The first-order chi connectivity index (χ1) is 6.69. The lowest BCUT2D eigenvalue weighted by molar-refractivity contribution is -0.309. The molecule has 4 nitrogen and oxygen atoms in total. The highest BCUT2D eigenvalue weighted by Crippen LogP contribution is 2.48. The molecule has 0 fully saturated rings. The number of carbonyl (C=O) groups is 1. The summed E-state index contributed by atoms with van der Waals surface area (Å²) in [6.07, 6.45) is -6.89. The molecule has 0 aromatic carbocycles. The summed E-state index contributed by atoms with van der Waals surface area (Å²) in [7, 11) is -7.34. The molecule has 0 rings (SSSR count). The first-order valence-corrected chi connectivity index (χ1v) is 4.39. The van der Waals surface area contributed by atoms with Crippen LogP contribution in [0.4, 0.5) is 34.9 Å². The molecule has 13 heteroatoms. The second kappa shape index (κ2) is 4.27. The normalized spacial score (nSPS) is 16.9. The standard InChI is InChI=1S/C4HF7O4S.FH/c5-2(1(12)13,16(11,14)15)3(6,7)4(8,9)10;/h(H,12,13);1H. The van der Waals surface area contributed by atoms with Gasteiger partial charge in [-0.05, 0) is 0 Å². The Balaban J connectivity index is 0. The van der Waals surface area contributed by atoms with Crippen molar-refractivity contribution in [2.24, 2.45) is 0 Å². The Morgan fingerprint density at radius 2 is 1.29 bits per heavy atom. The van der Waals surface area contributed by atoms with Crippen LogP contribution in [0.25, 0.3) is 0 Å². The van der Waals surface area contributed by atoms with Crippen molar-refractivity contribution in [1.29, 1.82) is 0 Å². The number of carboxylic acid groups (broad SMARTS) is 1. The molecular formula is C4H2F8O4S. The smallest absolute Gasteiger partial charge is 0.458 e. The Bertz CT molecular complexity index is 398. The van der Waals surface area contributed by atoms with Crippen molar-refractivity contribution in [3.63, 3.8) is 0 Å². The fourth-order valence-electron chi connectivity index (χ4n) is 0.574. The molecule has 0 bridgehead atoms. The highest BCUT2D eigenvalue weighted by Gasteiger charge is 2.82. The van der Waals surface area contributed by atoms with Gasteiger partial charge in [-0.25, -0.2) is 9.18 Å². The zero-order chi connectivity index (χ0) is 13.6. The van der Waals surface area contributed by atoms with Crippen molar-refractivity contribution < 1.29 is 53.3 Å². The third kappa shape index (κ3) is 2.42. The summed E-state index contributed by atoms with van der Waals surface area (Å²) in [5.41, 5.74) is 0. The van der Waals surface area contributed by atoms with Gasteiger partial charge in [0.25, 0.3) is 0 Å². The van der Waals surface area contributed by atoms with E-state index in [9.17, 15) is 43.4 Å². The van der Waals surface area contributed by atoms with Crippen LogP contribution in [0.3, 0.4) is 0 Å². The number of rotatable bonds is 3. The number of aliphatic carboxylic acids is 1.